The molecule has 0 fully saturated rings. The van der Waals surface area contributed by atoms with Crippen molar-refractivity contribution in [3.63, 3.8) is 0 Å². The molecule has 124 valence electrons. The average Bonchev–Trinajstić information content (AvgIpc) is 3.18. The van der Waals surface area contributed by atoms with Crippen molar-refractivity contribution in [1.29, 1.82) is 0 Å². The minimum absolute atomic E-state index is 0.106. The van der Waals surface area contributed by atoms with Crippen LogP contribution in [0.15, 0.2) is 46.0 Å². The third-order valence-corrected chi connectivity index (χ3v) is 3.46. The summed E-state index contributed by atoms with van der Waals surface area (Å²) in [5.41, 5.74) is 1.58. The zero-order valence-electron chi connectivity index (χ0n) is 13.5. The second-order valence-corrected chi connectivity index (χ2v) is 5.04. The fourth-order valence-corrected chi connectivity index (χ4v) is 2.42. The van der Waals surface area contributed by atoms with Crippen molar-refractivity contribution in [2.45, 2.75) is 13.8 Å². The van der Waals surface area contributed by atoms with Crippen molar-refractivity contribution in [3.8, 4) is 17.4 Å². The molecule has 6 nitrogen and oxygen atoms in total. The van der Waals surface area contributed by atoms with Gasteiger partial charge in [-0.25, -0.2) is 4.79 Å². The Labute approximate surface area is 138 Å². The Morgan fingerprint density at radius 2 is 2.25 bits per heavy atom. The van der Waals surface area contributed by atoms with Crippen LogP contribution in [0.25, 0.3) is 22.6 Å². The summed E-state index contributed by atoms with van der Waals surface area (Å²) in [6.45, 7) is 7.93. The summed E-state index contributed by atoms with van der Waals surface area (Å²) < 4.78 is 21.8. The van der Waals surface area contributed by atoms with Crippen LogP contribution in [0.5, 0.6) is 5.75 Å². The molecule has 0 aliphatic carbocycles. The second-order valence-electron chi connectivity index (χ2n) is 5.04. The Kier molecular flexibility index (Phi) is 4.37. The van der Waals surface area contributed by atoms with Crippen molar-refractivity contribution in [2.24, 2.45) is 0 Å². The molecule has 3 aromatic rings. The summed E-state index contributed by atoms with van der Waals surface area (Å²) in [4.78, 5) is 15.9. The van der Waals surface area contributed by atoms with E-state index in [0.29, 0.717) is 23.7 Å². The minimum atomic E-state index is -0.531. The van der Waals surface area contributed by atoms with Gasteiger partial charge < -0.3 is 18.3 Å². The highest BCUT2D eigenvalue weighted by Crippen LogP contribution is 2.37. The number of rotatable bonds is 6. The van der Waals surface area contributed by atoms with Gasteiger partial charge in [0, 0.05) is 5.56 Å². The number of oxazole rings is 1. The Morgan fingerprint density at radius 1 is 1.42 bits per heavy atom. The van der Waals surface area contributed by atoms with E-state index in [1.54, 1.807) is 13.0 Å². The lowest BCUT2D eigenvalue weighted by atomic mass is 10.1. The van der Waals surface area contributed by atoms with Crippen molar-refractivity contribution >= 4 is 16.9 Å². The van der Waals surface area contributed by atoms with Crippen LogP contribution in [0, 0.1) is 6.92 Å². The number of nitrogens with zero attached hydrogens (tertiary/aromatic N) is 1. The molecule has 0 saturated heterocycles. The molecule has 24 heavy (non-hydrogen) atoms. The summed E-state index contributed by atoms with van der Waals surface area (Å²) in [5.74, 6) is 0.838. The van der Waals surface area contributed by atoms with Gasteiger partial charge in [0.2, 0.25) is 0 Å². The van der Waals surface area contributed by atoms with Crippen LogP contribution in [0.3, 0.4) is 0 Å². The van der Waals surface area contributed by atoms with Crippen molar-refractivity contribution < 1.29 is 23.1 Å². The first-order valence-corrected chi connectivity index (χ1v) is 7.54. The highest BCUT2D eigenvalue weighted by Gasteiger charge is 2.22. The lowest BCUT2D eigenvalue weighted by molar-refractivity contribution is 0.0519. The molecule has 2 heterocycles. The van der Waals surface area contributed by atoms with Crippen molar-refractivity contribution in [1.82, 2.24) is 4.98 Å². The van der Waals surface area contributed by atoms with Gasteiger partial charge >= 0.3 is 5.97 Å². The topological polar surface area (TPSA) is 74.7 Å². The van der Waals surface area contributed by atoms with Gasteiger partial charge in [-0.15, -0.1) is 0 Å². The lowest BCUT2D eigenvalue weighted by Gasteiger charge is -2.04. The number of benzene rings is 1. The lowest BCUT2D eigenvalue weighted by Crippen LogP contribution is -2.04. The van der Waals surface area contributed by atoms with E-state index in [1.807, 2.05) is 25.1 Å². The van der Waals surface area contributed by atoms with Crippen LogP contribution in [0.2, 0.25) is 0 Å². The van der Waals surface area contributed by atoms with Gasteiger partial charge in [0.05, 0.1) is 12.0 Å². The molecule has 0 aliphatic rings. The fraction of sp³-hybridized carbons (Fsp3) is 0.222. The van der Waals surface area contributed by atoms with E-state index < -0.39 is 5.97 Å². The molecule has 0 amide bonds. The minimum Gasteiger partial charge on any atom is -0.489 e. The molecule has 0 N–H and O–H groups in total. The number of ether oxygens (including phenoxy) is 2. The number of aromatic nitrogens is 1. The van der Waals surface area contributed by atoms with Crippen LogP contribution >= 0.6 is 0 Å². The molecule has 0 bridgehead atoms. The Balaban J connectivity index is 2.03. The van der Waals surface area contributed by atoms with Gasteiger partial charge in [-0.1, -0.05) is 18.7 Å². The van der Waals surface area contributed by atoms with Crippen LogP contribution in [0.1, 0.15) is 23.0 Å². The van der Waals surface area contributed by atoms with E-state index in [9.17, 15) is 4.79 Å². The average molecular weight is 327 g/mol. The Hall–Kier alpha value is -3.02. The fourth-order valence-electron chi connectivity index (χ4n) is 2.42. The summed E-state index contributed by atoms with van der Waals surface area (Å²) in [5, 5.41) is 0.838. The van der Waals surface area contributed by atoms with E-state index in [0.717, 1.165) is 10.9 Å². The number of hydrogen-bond acceptors (Lipinski definition) is 6. The molecule has 0 aliphatic heterocycles. The van der Waals surface area contributed by atoms with Gasteiger partial charge in [0.1, 0.15) is 24.2 Å². The third-order valence-electron chi connectivity index (χ3n) is 3.46. The van der Waals surface area contributed by atoms with Crippen molar-refractivity contribution in [2.75, 3.05) is 13.2 Å². The van der Waals surface area contributed by atoms with Crippen molar-refractivity contribution in [3.05, 3.63) is 48.4 Å². The highest BCUT2D eigenvalue weighted by molar-refractivity contribution is 5.92. The Morgan fingerprint density at radius 3 is 3.00 bits per heavy atom. The summed E-state index contributed by atoms with van der Waals surface area (Å²) in [6, 6.07) is 5.53. The van der Waals surface area contributed by atoms with E-state index in [-0.39, 0.29) is 18.2 Å². The number of carbonyl (C=O) groups excluding carboxylic acids is 1. The summed E-state index contributed by atoms with van der Waals surface area (Å²) >= 11 is 0. The first kappa shape index (κ1) is 15.9. The quantitative estimate of drug-likeness (QED) is 0.500. The third kappa shape index (κ3) is 2.78. The number of fused-ring (bicyclic) bond motifs is 1. The van der Waals surface area contributed by atoms with Crippen LogP contribution in [-0.4, -0.2) is 24.2 Å². The molecule has 0 spiro atoms. The first-order valence-electron chi connectivity index (χ1n) is 7.54. The largest absolute Gasteiger partial charge is 0.489 e. The van der Waals surface area contributed by atoms with Crippen LogP contribution in [-0.2, 0) is 4.74 Å². The van der Waals surface area contributed by atoms with E-state index in [1.165, 1.54) is 6.26 Å². The second kappa shape index (κ2) is 6.62. The highest BCUT2D eigenvalue weighted by atomic mass is 16.5. The maximum Gasteiger partial charge on any atom is 0.360 e. The predicted octanol–water partition coefficient (Wildman–Crippen LogP) is 4.14. The summed E-state index contributed by atoms with van der Waals surface area (Å²) in [6.07, 6.45) is 2.93. The normalized spacial score (nSPS) is 10.8. The van der Waals surface area contributed by atoms with Gasteiger partial charge in [0.25, 0.3) is 5.89 Å². The molecule has 3 rings (SSSR count). The van der Waals surface area contributed by atoms with E-state index in [4.69, 9.17) is 18.3 Å². The van der Waals surface area contributed by atoms with E-state index >= 15 is 0 Å². The van der Waals surface area contributed by atoms with Gasteiger partial charge in [-0.3, -0.25) is 0 Å². The van der Waals surface area contributed by atoms with Crippen LogP contribution < -0.4 is 4.74 Å². The molecule has 0 radical (unpaired) electrons. The molecule has 0 saturated carbocycles. The van der Waals surface area contributed by atoms with Crippen LogP contribution in [0.4, 0.5) is 0 Å². The predicted molar refractivity (Wildman–Crippen MR) is 88.1 cm³/mol. The first-order chi connectivity index (χ1) is 11.7. The van der Waals surface area contributed by atoms with Gasteiger partial charge in [-0.2, -0.15) is 4.98 Å². The molecule has 6 heteroatoms. The standard InChI is InChI=1S/C18H17NO5/c1-4-9-22-13-7-6-8-14-15(13)11(3)16(24-14)17-19-12(10-23-17)18(20)21-5-2/h4,6-8,10H,1,5,9H2,2-3H3. The molecule has 2 aromatic heterocycles. The zero-order valence-corrected chi connectivity index (χ0v) is 13.5. The maximum atomic E-state index is 11.7. The van der Waals surface area contributed by atoms with Gasteiger partial charge in [0.15, 0.2) is 11.5 Å². The molecule has 1 aromatic carbocycles. The SMILES string of the molecule is C=CCOc1cccc2oc(-c3nc(C(=O)OCC)co3)c(C)c12. The smallest absolute Gasteiger partial charge is 0.360 e. The Bertz CT molecular complexity index is 890. The zero-order chi connectivity index (χ0) is 17.1. The number of furan rings is 1. The molecular formula is C18H17NO5. The number of hydrogen-bond donors (Lipinski definition) is 0. The maximum absolute atomic E-state index is 11.7. The number of carbonyl (C=O) groups is 1. The number of esters is 1. The molecule has 0 atom stereocenters. The summed E-state index contributed by atoms with van der Waals surface area (Å²) in [7, 11) is 0. The molecular weight excluding hydrogens is 310 g/mol. The van der Waals surface area contributed by atoms with E-state index in [2.05, 4.69) is 11.6 Å². The molecule has 0 unspecified atom stereocenters. The number of aryl methyl sites for hydroxylation is 1. The van der Waals surface area contributed by atoms with Gasteiger partial charge in [-0.05, 0) is 26.0 Å². The monoisotopic (exact) mass is 327 g/mol.